The smallest absolute Gasteiger partial charge is 0.343 e. The van der Waals surface area contributed by atoms with E-state index in [1.54, 1.807) is 30.5 Å². The molecule has 0 radical (unpaired) electrons. The van der Waals surface area contributed by atoms with Crippen molar-refractivity contribution in [2.45, 2.75) is 58.8 Å². The number of nitrogens with zero attached hydrogens (tertiary/aromatic N) is 2. The Morgan fingerprint density at radius 1 is 1.07 bits per heavy atom. The molecule has 0 aliphatic carbocycles. The van der Waals surface area contributed by atoms with Crippen molar-refractivity contribution in [3.63, 3.8) is 0 Å². The average Bonchev–Trinajstić information content (AvgIpc) is 3.26. The van der Waals surface area contributed by atoms with Crippen LogP contribution >= 0.6 is 0 Å². The maximum Gasteiger partial charge on any atom is 0.343 e. The SMILES string of the molecule is CCC1(O)C(=O)OCc2c1cc1n(c2=O)Cc2cc3ccccc3nc2-1.Cc1cc(=O)c2c(O)c3c(cc2o1)OCC(C)CC3. The van der Waals surface area contributed by atoms with E-state index in [-0.39, 0.29) is 35.2 Å². The molecule has 3 aliphatic heterocycles. The number of pyridine rings is 2. The number of carbonyl (C=O) groups is 1. The van der Waals surface area contributed by atoms with Crippen LogP contribution in [0.25, 0.3) is 33.3 Å². The van der Waals surface area contributed by atoms with Gasteiger partial charge in [0.2, 0.25) is 0 Å². The van der Waals surface area contributed by atoms with Gasteiger partial charge in [-0.05, 0) is 50.3 Å². The predicted molar refractivity (Wildman–Crippen MR) is 166 cm³/mol. The summed E-state index contributed by atoms with van der Waals surface area (Å²) < 4.78 is 17.9. The van der Waals surface area contributed by atoms with Gasteiger partial charge in [-0.2, -0.15) is 0 Å². The van der Waals surface area contributed by atoms with E-state index < -0.39 is 11.6 Å². The van der Waals surface area contributed by atoms with Crippen molar-refractivity contribution < 1.29 is 28.9 Å². The summed E-state index contributed by atoms with van der Waals surface area (Å²) in [5.41, 5.74) is 2.70. The van der Waals surface area contributed by atoms with Gasteiger partial charge >= 0.3 is 5.97 Å². The van der Waals surface area contributed by atoms with Gasteiger partial charge in [0.15, 0.2) is 11.0 Å². The maximum atomic E-state index is 13.0. The van der Waals surface area contributed by atoms with E-state index in [2.05, 4.69) is 6.92 Å². The number of hydrogen-bond acceptors (Lipinski definition) is 9. The second kappa shape index (κ2) is 10.6. The van der Waals surface area contributed by atoms with Crippen LogP contribution < -0.4 is 15.7 Å². The van der Waals surface area contributed by atoms with Crippen molar-refractivity contribution in [3.05, 3.63) is 97.1 Å². The van der Waals surface area contributed by atoms with Crippen LogP contribution in [0.5, 0.6) is 11.5 Å². The number of rotatable bonds is 1. The Bertz CT molecular complexity index is 2160. The highest BCUT2D eigenvalue weighted by molar-refractivity contribution is 5.87. The zero-order valence-corrected chi connectivity index (χ0v) is 25.2. The third kappa shape index (κ3) is 4.59. The third-order valence-corrected chi connectivity index (χ3v) is 9.01. The van der Waals surface area contributed by atoms with Crippen molar-refractivity contribution in [2.75, 3.05) is 6.61 Å². The lowest BCUT2D eigenvalue weighted by atomic mass is 9.86. The number of aromatic nitrogens is 2. The zero-order chi connectivity index (χ0) is 31.6. The minimum atomic E-state index is -1.79. The van der Waals surface area contributed by atoms with Gasteiger partial charge in [0.1, 0.15) is 34.8 Å². The number of phenols is 1. The number of para-hydroxylation sites is 1. The number of fused-ring (bicyclic) bond motifs is 7. The van der Waals surface area contributed by atoms with Gasteiger partial charge in [0.05, 0.1) is 35.6 Å². The van der Waals surface area contributed by atoms with Gasteiger partial charge in [0, 0.05) is 34.2 Å². The molecule has 2 aromatic carbocycles. The fourth-order valence-corrected chi connectivity index (χ4v) is 6.44. The summed E-state index contributed by atoms with van der Waals surface area (Å²) >= 11 is 0. The molecule has 0 saturated heterocycles. The number of benzene rings is 2. The van der Waals surface area contributed by atoms with Crippen LogP contribution in [0.15, 0.2) is 62.5 Å². The van der Waals surface area contributed by atoms with Gasteiger partial charge in [-0.3, -0.25) is 9.59 Å². The molecular formula is C35H32N2O8. The van der Waals surface area contributed by atoms with Gasteiger partial charge in [-0.15, -0.1) is 0 Å². The molecule has 10 heteroatoms. The summed E-state index contributed by atoms with van der Waals surface area (Å²) in [5.74, 6) is 0.888. The molecule has 45 heavy (non-hydrogen) atoms. The topological polar surface area (TPSA) is 141 Å². The van der Waals surface area contributed by atoms with Gasteiger partial charge in [-0.25, -0.2) is 9.78 Å². The average molecular weight is 609 g/mol. The first-order valence-electron chi connectivity index (χ1n) is 15.1. The number of aromatic hydroxyl groups is 1. The lowest BCUT2D eigenvalue weighted by molar-refractivity contribution is -0.172. The number of hydrogen-bond donors (Lipinski definition) is 2. The molecule has 0 saturated carbocycles. The van der Waals surface area contributed by atoms with Crippen LogP contribution in [0.3, 0.4) is 0 Å². The zero-order valence-electron chi connectivity index (χ0n) is 25.2. The standard InChI is InChI=1S/C20H16N2O4.C15H16O4/c1-2-20(25)14-8-16-17-12(7-11-5-3-4-6-15(11)21-17)9-22(16)18(23)13(14)10-26-19(20)24;1-8-3-4-10-12(18-7-8)6-13-14(15(10)17)11(16)5-9(2)19-13/h3-8,25H,2,9-10H2,1H3;5-6,8,17H,3-4,7H2,1-2H3. The molecule has 2 atom stereocenters. The van der Waals surface area contributed by atoms with Crippen molar-refractivity contribution in [1.82, 2.24) is 9.55 Å². The molecule has 3 aliphatic rings. The molecule has 2 unspecified atom stereocenters. The van der Waals surface area contributed by atoms with Gasteiger partial charge in [0.25, 0.3) is 5.56 Å². The van der Waals surface area contributed by atoms with Gasteiger partial charge < -0.3 is 28.7 Å². The number of aryl methyl sites for hydroxylation is 1. The first kappa shape index (κ1) is 28.8. The second-order valence-electron chi connectivity index (χ2n) is 12.0. The number of carbonyl (C=O) groups excluding carboxylic acids is 1. The van der Waals surface area contributed by atoms with E-state index in [0.717, 1.165) is 28.6 Å². The largest absolute Gasteiger partial charge is 0.507 e. The monoisotopic (exact) mass is 608 g/mol. The number of cyclic esters (lactones) is 1. The third-order valence-electron chi connectivity index (χ3n) is 9.01. The van der Waals surface area contributed by atoms with Crippen LogP contribution in [0.4, 0.5) is 0 Å². The Balaban J connectivity index is 0.000000152. The van der Waals surface area contributed by atoms with E-state index in [0.29, 0.717) is 65.0 Å². The lowest BCUT2D eigenvalue weighted by Gasteiger charge is -2.31. The first-order valence-corrected chi connectivity index (χ1v) is 15.1. The van der Waals surface area contributed by atoms with Crippen LogP contribution in [-0.2, 0) is 34.7 Å². The van der Waals surface area contributed by atoms with E-state index in [1.807, 2.05) is 30.3 Å². The highest BCUT2D eigenvalue weighted by Gasteiger charge is 2.45. The highest BCUT2D eigenvalue weighted by atomic mass is 16.6. The Labute approximate surface area is 257 Å². The number of esters is 1. The summed E-state index contributed by atoms with van der Waals surface area (Å²) in [6.45, 7) is 6.45. The van der Waals surface area contributed by atoms with E-state index in [9.17, 15) is 24.6 Å². The molecular weight excluding hydrogens is 576 g/mol. The highest BCUT2D eigenvalue weighted by Crippen LogP contribution is 2.39. The minimum absolute atomic E-state index is 0.00958. The first-order chi connectivity index (χ1) is 21.6. The molecule has 0 bridgehead atoms. The Morgan fingerprint density at radius 3 is 2.67 bits per heavy atom. The molecule has 3 aromatic heterocycles. The van der Waals surface area contributed by atoms with Crippen LogP contribution in [-0.4, -0.2) is 32.3 Å². The van der Waals surface area contributed by atoms with Crippen molar-refractivity contribution >= 4 is 27.8 Å². The van der Waals surface area contributed by atoms with Gasteiger partial charge in [-0.1, -0.05) is 32.0 Å². The maximum absolute atomic E-state index is 13.0. The molecule has 0 spiro atoms. The summed E-state index contributed by atoms with van der Waals surface area (Å²) in [5, 5.41) is 22.4. The second-order valence-corrected chi connectivity index (χ2v) is 12.0. The predicted octanol–water partition coefficient (Wildman–Crippen LogP) is 4.85. The number of aliphatic hydroxyl groups is 1. The van der Waals surface area contributed by atoms with E-state index in [1.165, 1.54) is 6.07 Å². The molecule has 0 fully saturated rings. The quantitative estimate of drug-likeness (QED) is 0.251. The summed E-state index contributed by atoms with van der Waals surface area (Å²) in [6.07, 6.45) is 1.79. The summed E-state index contributed by atoms with van der Waals surface area (Å²) in [6, 6.07) is 14.7. The summed E-state index contributed by atoms with van der Waals surface area (Å²) in [7, 11) is 0. The van der Waals surface area contributed by atoms with E-state index >= 15 is 0 Å². The van der Waals surface area contributed by atoms with Crippen LogP contribution in [0.2, 0.25) is 0 Å². The normalized spacial score (nSPS) is 19.7. The number of ether oxygens (including phenoxy) is 2. The molecule has 8 rings (SSSR count). The molecule has 0 amide bonds. The minimum Gasteiger partial charge on any atom is -0.507 e. The van der Waals surface area contributed by atoms with Crippen LogP contribution in [0, 0.1) is 12.8 Å². The summed E-state index contributed by atoms with van der Waals surface area (Å²) in [4.78, 5) is 41.9. The fraction of sp³-hybridized carbons (Fsp3) is 0.314. The fourth-order valence-electron chi connectivity index (χ4n) is 6.44. The van der Waals surface area contributed by atoms with Crippen molar-refractivity contribution in [1.29, 1.82) is 0 Å². The van der Waals surface area contributed by atoms with Crippen molar-refractivity contribution in [3.8, 4) is 22.9 Å². The number of phenolic OH excluding ortho intramolecular Hbond substituents is 1. The molecule has 2 N–H and O–H groups in total. The van der Waals surface area contributed by atoms with Crippen LogP contribution in [0.1, 0.15) is 54.7 Å². The Hall–Kier alpha value is -4.96. The molecule has 6 heterocycles. The lowest BCUT2D eigenvalue weighted by Crippen LogP contribution is -2.44. The molecule has 230 valence electrons. The Kier molecular flexibility index (Phi) is 6.77. The Morgan fingerprint density at radius 2 is 1.87 bits per heavy atom. The molecule has 10 nitrogen and oxygen atoms in total. The van der Waals surface area contributed by atoms with E-state index in [4.69, 9.17) is 18.9 Å². The van der Waals surface area contributed by atoms with Crippen molar-refractivity contribution in [2.24, 2.45) is 5.92 Å². The molecule has 5 aromatic rings.